The molecule has 0 radical (unpaired) electrons. The molecule has 2 amide bonds. The second-order valence-corrected chi connectivity index (χ2v) is 14.8. The molecule has 2 atom stereocenters. The SMILES string of the molecule is COc1nc(-c2cccc(-c3cccc(-c4cc5c(c(OC)n4)C(NCC4CCC(=O)N4)CC5)c3F)c2C)cnc1CN1CC2(C1)CN(C(C)=O)C2. The highest BCUT2D eigenvalue weighted by Gasteiger charge is 2.52. The summed E-state index contributed by atoms with van der Waals surface area (Å²) >= 11 is 0. The van der Waals surface area contributed by atoms with Gasteiger partial charge in [0.25, 0.3) is 0 Å². The highest BCUT2D eigenvalue weighted by Crippen LogP contribution is 2.43. The first-order valence-corrected chi connectivity index (χ1v) is 18.0. The summed E-state index contributed by atoms with van der Waals surface area (Å²) in [5, 5.41) is 6.61. The maximum Gasteiger partial charge on any atom is 0.237 e. The molecule has 3 aliphatic heterocycles. The van der Waals surface area contributed by atoms with Gasteiger partial charge in [-0.05, 0) is 55.0 Å². The standard InChI is InChI=1S/C40H44FN7O4/c1-23-27(7-5-8-28(23)33-17-43-34(38(46-33)51-3)18-47-19-40(20-47)21-48(22-40)24(2)49)29-9-6-10-30(37(29)41)32-15-25-11-13-31(36(25)39(45-32)52-4)42-16-26-12-14-35(50)44-26/h5-10,15,17,26,31,42H,11-14,16,18-22H2,1-4H3,(H,44,50). The molecule has 2 aromatic carbocycles. The van der Waals surface area contributed by atoms with Gasteiger partial charge in [0.2, 0.25) is 23.6 Å². The number of carbonyl (C=O) groups is 2. The number of nitrogens with zero attached hydrogens (tertiary/aromatic N) is 5. The van der Waals surface area contributed by atoms with E-state index in [0.29, 0.717) is 53.8 Å². The number of hydrogen-bond donors (Lipinski definition) is 2. The molecule has 1 spiro atoms. The van der Waals surface area contributed by atoms with Crippen LogP contribution in [0.25, 0.3) is 33.6 Å². The lowest BCUT2D eigenvalue weighted by atomic mass is 9.73. The summed E-state index contributed by atoms with van der Waals surface area (Å²) in [6, 6.07) is 13.4. The zero-order valence-corrected chi connectivity index (χ0v) is 30.1. The number of nitrogens with one attached hydrogen (secondary N) is 2. The fourth-order valence-electron chi connectivity index (χ4n) is 8.57. The number of rotatable bonds is 10. The highest BCUT2D eigenvalue weighted by molar-refractivity contribution is 5.80. The second kappa shape index (κ2) is 13.6. The van der Waals surface area contributed by atoms with E-state index in [2.05, 4.69) is 15.5 Å². The van der Waals surface area contributed by atoms with Gasteiger partial charge in [-0.3, -0.25) is 19.5 Å². The fourth-order valence-corrected chi connectivity index (χ4v) is 8.57. The Bertz CT molecular complexity index is 2060. The first-order valence-electron chi connectivity index (χ1n) is 18.0. The van der Waals surface area contributed by atoms with Crippen molar-refractivity contribution in [2.24, 2.45) is 5.41 Å². The van der Waals surface area contributed by atoms with Gasteiger partial charge in [0, 0.05) is 92.4 Å². The van der Waals surface area contributed by atoms with Crippen molar-refractivity contribution < 1.29 is 23.5 Å². The maximum absolute atomic E-state index is 16.6. The summed E-state index contributed by atoms with van der Waals surface area (Å²) < 4.78 is 28.1. The molecule has 2 N–H and O–H groups in total. The van der Waals surface area contributed by atoms with Crippen molar-refractivity contribution in [2.75, 3.05) is 46.9 Å². The Balaban J connectivity index is 1.02. The van der Waals surface area contributed by atoms with Crippen LogP contribution in [0.3, 0.4) is 0 Å². The zero-order chi connectivity index (χ0) is 36.1. The van der Waals surface area contributed by atoms with Gasteiger partial charge in [-0.15, -0.1) is 0 Å². The Hall–Kier alpha value is -4.94. The van der Waals surface area contributed by atoms with Gasteiger partial charge in [-0.25, -0.2) is 14.4 Å². The first kappa shape index (κ1) is 34.2. The Kier molecular flexibility index (Phi) is 8.91. The van der Waals surface area contributed by atoms with E-state index in [9.17, 15) is 9.59 Å². The van der Waals surface area contributed by atoms with E-state index in [4.69, 9.17) is 24.4 Å². The van der Waals surface area contributed by atoms with Crippen molar-refractivity contribution in [3.8, 4) is 45.4 Å². The summed E-state index contributed by atoms with van der Waals surface area (Å²) in [7, 11) is 3.20. The van der Waals surface area contributed by atoms with Crippen molar-refractivity contribution in [3.63, 3.8) is 0 Å². The van der Waals surface area contributed by atoms with Crippen LogP contribution >= 0.6 is 0 Å². The van der Waals surface area contributed by atoms with E-state index in [1.165, 1.54) is 0 Å². The summed E-state index contributed by atoms with van der Waals surface area (Å²) in [5.74, 6) is 0.839. The van der Waals surface area contributed by atoms with Crippen LogP contribution in [0, 0.1) is 18.2 Å². The lowest BCUT2D eigenvalue weighted by molar-refractivity contribution is -0.157. The summed E-state index contributed by atoms with van der Waals surface area (Å²) in [4.78, 5) is 41.9. The fraction of sp³-hybridized carbons (Fsp3) is 0.425. The summed E-state index contributed by atoms with van der Waals surface area (Å²) in [5.41, 5.74) is 7.58. The zero-order valence-electron chi connectivity index (χ0n) is 30.1. The van der Waals surface area contributed by atoms with Crippen LogP contribution in [-0.2, 0) is 22.6 Å². The molecular weight excluding hydrogens is 661 g/mol. The monoisotopic (exact) mass is 705 g/mol. The topological polar surface area (TPSA) is 122 Å². The number of benzene rings is 2. The molecule has 3 fully saturated rings. The number of aryl methyl sites for hydroxylation is 1. The third kappa shape index (κ3) is 6.17. The number of methoxy groups -OCH3 is 2. The Morgan fingerprint density at radius 2 is 1.67 bits per heavy atom. The second-order valence-electron chi connectivity index (χ2n) is 14.8. The molecule has 11 nitrogen and oxygen atoms in total. The molecule has 12 heteroatoms. The minimum Gasteiger partial charge on any atom is -0.481 e. The number of likely N-dealkylation sites (tertiary alicyclic amines) is 2. The van der Waals surface area contributed by atoms with Crippen LogP contribution in [0.15, 0.2) is 48.7 Å². The minimum atomic E-state index is -0.355. The van der Waals surface area contributed by atoms with Crippen LogP contribution in [0.2, 0.25) is 0 Å². The number of aromatic nitrogens is 3. The van der Waals surface area contributed by atoms with Crippen LogP contribution in [0.5, 0.6) is 11.8 Å². The van der Waals surface area contributed by atoms with E-state index in [1.807, 2.05) is 42.2 Å². The van der Waals surface area contributed by atoms with Gasteiger partial charge in [0.15, 0.2) is 0 Å². The van der Waals surface area contributed by atoms with Gasteiger partial charge in [-0.1, -0.05) is 30.3 Å². The molecule has 1 aliphatic carbocycles. The normalized spacial score (nSPS) is 20.3. The van der Waals surface area contributed by atoms with Crippen LogP contribution < -0.4 is 20.1 Å². The van der Waals surface area contributed by atoms with Gasteiger partial charge < -0.3 is 25.0 Å². The smallest absolute Gasteiger partial charge is 0.237 e. The predicted octanol–water partition coefficient (Wildman–Crippen LogP) is 4.86. The van der Waals surface area contributed by atoms with Crippen LogP contribution in [0.1, 0.15) is 54.6 Å². The summed E-state index contributed by atoms with van der Waals surface area (Å²) in [6.07, 6.45) is 4.85. The molecule has 5 heterocycles. The van der Waals surface area contributed by atoms with Crippen molar-refractivity contribution in [1.82, 2.24) is 35.4 Å². The Morgan fingerprint density at radius 3 is 2.38 bits per heavy atom. The highest BCUT2D eigenvalue weighted by atomic mass is 19.1. The number of halogens is 1. The van der Waals surface area contributed by atoms with Crippen molar-refractivity contribution in [2.45, 2.75) is 58.2 Å². The van der Waals surface area contributed by atoms with Gasteiger partial charge in [0.05, 0.1) is 31.8 Å². The van der Waals surface area contributed by atoms with Crippen molar-refractivity contribution >= 4 is 11.8 Å². The van der Waals surface area contributed by atoms with Gasteiger partial charge in [0.1, 0.15) is 11.5 Å². The third-order valence-corrected chi connectivity index (χ3v) is 11.2. The quantitative estimate of drug-likeness (QED) is 0.239. The largest absolute Gasteiger partial charge is 0.481 e. The number of carbonyl (C=O) groups excluding carboxylic acids is 2. The van der Waals surface area contributed by atoms with E-state index in [-0.39, 0.29) is 35.1 Å². The predicted molar refractivity (Wildman–Crippen MR) is 194 cm³/mol. The lowest BCUT2D eigenvalue weighted by Crippen LogP contribution is -2.72. The van der Waals surface area contributed by atoms with Gasteiger partial charge in [-0.2, -0.15) is 0 Å². The number of fused-ring (bicyclic) bond motifs is 1. The van der Waals surface area contributed by atoms with E-state index >= 15 is 4.39 Å². The molecular formula is C40H44FN7O4. The van der Waals surface area contributed by atoms with E-state index in [1.54, 1.807) is 39.5 Å². The van der Waals surface area contributed by atoms with Crippen LogP contribution in [-0.4, -0.2) is 89.6 Å². The number of amides is 2. The maximum atomic E-state index is 16.6. The summed E-state index contributed by atoms with van der Waals surface area (Å²) in [6.45, 7) is 8.37. The molecule has 0 bridgehead atoms. The molecule has 52 heavy (non-hydrogen) atoms. The lowest BCUT2D eigenvalue weighted by Gasteiger charge is -2.60. The molecule has 0 saturated carbocycles. The molecule has 2 aromatic heterocycles. The molecule has 4 aromatic rings. The molecule has 8 rings (SSSR count). The van der Waals surface area contributed by atoms with E-state index < -0.39 is 0 Å². The molecule has 3 saturated heterocycles. The average molecular weight is 706 g/mol. The minimum absolute atomic E-state index is 0.0524. The van der Waals surface area contributed by atoms with E-state index in [0.717, 1.165) is 79.0 Å². The van der Waals surface area contributed by atoms with Crippen molar-refractivity contribution in [1.29, 1.82) is 0 Å². The Labute approximate surface area is 303 Å². The van der Waals surface area contributed by atoms with Crippen molar-refractivity contribution in [3.05, 3.63) is 76.9 Å². The van der Waals surface area contributed by atoms with Crippen LogP contribution in [0.4, 0.5) is 4.39 Å². The molecule has 270 valence electrons. The third-order valence-electron chi connectivity index (χ3n) is 11.2. The molecule has 4 aliphatic rings. The Morgan fingerprint density at radius 1 is 0.962 bits per heavy atom. The van der Waals surface area contributed by atoms with Gasteiger partial charge >= 0.3 is 0 Å². The first-order chi connectivity index (χ1) is 25.1. The number of ether oxygens (including phenoxy) is 2. The number of hydrogen-bond acceptors (Lipinski definition) is 9. The average Bonchev–Trinajstić information content (AvgIpc) is 3.73. The number of pyridine rings is 1. The molecule has 2 unspecified atom stereocenters.